The van der Waals surface area contributed by atoms with Crippen LogP contribution in [-0.4, -0.2) is 12.0 Å². The lowest BCUT2D eigenvalue weighted by molar-refractivity contribution is -0.117. The zero-order valence-corrected chi connectivity index (χ0v) is 6.69. The predicted molar refractivity (Wildman–Crippen MR) is 39.7 cm³/mol. The van der Waals surface area contributed by atoms with Crippen molar-refractivity contribution in [3.05, 3.63) is 0 Å². The third-order valence-electron chi connectivity index (χ3n) is 1.41. The van der Waals surface area contributed by atoms with E-state index in [-0.39, 0.29) is 5.78 Å². The number of hydrogen-bond donors (Lipinski definition) is 0. The SMILES string of the molecule is CCCC(F)CCC(C)=O. The van der Waals surface area contributed by atoms with Crippen molar-refractivity contribution in [2.45, 2.75) is 45.7 Å². The first-order valence-electron chi connectivity index (χ1n) is 3.80. The van der Waals surface area contributed by atoms with E-state index in [9.17, 15) is 9.18 Å². The van der Waals surface area contributed by atoms with Gasteiger partial charge in [-0.3, -0.25) is 0 Å². The van der Waals surface area contributed by atoms with Gasteiger partial charge in [0.15, 0.2) is 0 Å². The quantitative estimate of drug-likeness (QED) is 0.582. The summed E-state index contributed by atoms with van der Waals surface area (Å²) in [6.07, 6.45) is 1.48. The van der Waals surface area contributed by atoms with Gasteiger partial charge in [-0.25, -0.2) is 4.39 Å². The van der Waals surface area contributed by atoms with Gasteiger partial charge in [-0.05, 0) is 19.8 Å². The Morgan fingerprint density at radius 3 is 2.50 bits per heavy atom. The number of rotatable bonds is 5. The van der Waals surface area contributed by atoms with Gasteiger partial charge < -0.3 is 4.79 Å². The summed E-state index contributed by atoms with van der Waals surface area (Å²) in [6, 6.07) is 0. The summed E-state index contributed by atoms with van der Waals surface area (Å²) in [7, 11) is 0. The van der Waals surface area contributed by atoms with Gasteiger partial charge in [-0.1, -0.05) is 13.3 Å². The Labute approximate surface area is 61.6 Å². The summed E-state index contributed by atoms with van der Waals surface area (Å²) in [5, 5.41) is 0. The van der Waals surface area contributed by atoms with E-state index in [1.165, 1.54) is 6.92 Å². The number of Topliss-reactive ketones (excluding diaryl/α,β-unsaturated/α-hetero) is 1. The Bertz CT molecular complexity index is 101. The first-order chi connectivity index (χ1) is 4.66. The zero-order chi connectivity index (χ0) is 7.98. The van der Waals surface area contributed by atoms with Crippen LogP contribution in [0.15, 0.2) is 0 Å². The van der Waals surface area contributed by atoms with Crippen molar-refractivity contribution >= 4 is 5.78 Å². The molecule has 0 spiro atoms. The fraction of sp³-hybridized carbons (Fsp3) is 0.875. The number of carbonyl (C=O) groups is 1. The Morgan fingerprint density at radius 2 is 2.10 bits per heavy atom. The van der Waals surface area contributed by atoms with Gasteiger partial charge in [0.05, 0.1) is 0 Å². The highest BCUT2D eigenvalue weighted by Gasteiger charge is 2.05. The van der Waals surface area contributed by atoms with Crippen LogP contribution in [0.4, 0.5) is 4.39 Å². The van der Waals surface area contributed by atoms with Crippen LogP contribution in [0.5, 0.6) is 0 Å². The fourth-order valence-corrected chi connectivity index (χ4v) is 0.817. The van der Waals surface area contributed by atoms with Crippen LogP contribution in [0.2, 0.25) is 0 Å². The molecule has 0 saturated heterocycles. The van der Waals surface area contributed by atoms with Crippen molar-refractivity contribution in [3.8, 4) is 0 Å². The molecule has 0 aromatic rings. The van der Waals surface area contributed by atoms with Crippen LogP contribution >= 0.6 is 0 Å². The molecule has 2 heteroatoms. The molecule has 10 heavy (non-hydrogen) atoms. The standard InChI is InChI=1S/C8H15FO/c1-3-4-8(9)6-5-7(2)10/h8H,3-6H2,1-2H3. The lowest BCUT2D eigenvalue weighted by atomic mass is 10.1. The molecule has 0 radical (unpaired) electrons. The van der Waals surface area contributed by atoms with Gasteiger partial charge in [-0.2, -0.15) is 0 Å². The average molecular weight is 146 g/mol. The molecule has 0 fully saturated rings. The molecule has 0 aliphatic carbocycles. The molecule has 60 valence electrons. The molecule has 1 unspecified atom stereocenters. The van der Waals surface area contributed by atoms with Gasteiger partial charge in [0.1, 0.15) is 12.0 Å². The second-order valence-corrected chi connectivity index (χ2v) is 2.63. The van der Waals surface area contributed by atoms with Crippen LogP contribution in [0.3, 0.4) is 0 Å². The van der Waals surface area contributed by atoms with Crippen molar-refractivity contribution < 1.29 is 9.18 Å². The van der Waals surface area contributed by atoms with E-state index >= 15 is 0 Å². The van der Waals surface area contributed by atoms with Crippen molar-refractivity contribution in [1.29, 1.82) is 0 Å². The second kappa shape index (κ2) is 5.39. The van der Waals surface area contributed by atoms with E-state index in [2.05, 4.69) is 0 Å². The fourth-order valence-electron chi connectivity index (χ4n) is 0.817. The van der Waals surface area contributed by atoms with Gasteiger partial charge in [0.25, 0.3) is 0 Å². The molecule has 0 saturated carbocycles. The first kappa shape index (κ1) is 9.60. The molecular weight excluding hydrogens is 131 g/mol. The summed E-state index contributed by atoms with van der Waals surface area (Å²) in [4.78, 5) is 10.4. The van der Waals surface area contributed by atoms with E-state index in [0.29, 0.717) is 19.3 Å². The van der Waals surface area contributed by atoms with Crippen LogP contribution in [0, 0.1) is 0 Å². The molecule has 1 nitrogen and oxygen atoms in total. The molecule has 0 rings (SSSR count). The summed E-state index contributed by atoms with van der Waals surface area (Å²) >= 11 is 0. The van der Waals surface area contributed by atoms with Crippen LogP contribution in [-0.2, 0) is 4.79 Å². The van der Waals surface area contributed by atoms with Gasteiger partial charge >= 0.3 is 0 Å². The summed E-state index contributed by atoms with van der Waals surface area (Å²) < 4.78 is 12.6. The van der Waals surface area contributed by atoms with E-state index in [4.69, 9.17) is 0 Å². The molecule has 0 amide bonds. The maximum Gasteiger partial charge on any atom is 0.129 e. The lowest BCUT2D eigenvalue weighted by Crippen LogP contribution is -2.02. The smallest absolute Gasteiger partial charge is 0.129 e. The zero-order valence-electron chi connectivity index (χ0n) is 6.69. The van der Waals surface area contributed by atoms with Gasteiger partial charge in [0.2, 0.25) is 0 Å². The van der Waals surface area contributed by atoms with Gasteiger partial charge in [0, 0.05) is 6.42 Å². The first-order valence-corrected chi connectivity index (χ1v) is 3.80. The number of hydrogen-bond acceptors (Lipinski definition) is 1. The third kappa shape index (κ3) is 5.73. The van der Waals surface area contributed by atoms with Crippen molar-refractivity contribution in [2.75, 3.05) is 0 Å². The molecule has 0 aromatic heterocycles. The minimum Gasteiger partial charge on any atom is -0.300 e. The highest BCUT2D eigenvalue weighted by Crippen LogP contribution is 2.08. The van der Waals surface area contributed by atoms with E-state index in [1.807, 2.05) is 6.92 Å². The Kier molecular flexibility index (Phi) is 5.17. The van der Waals surface area contributed by atoms with Crippen LogP contribution in [0.25, 0.3) is 0 Å². The molecule has 0 N–H and O–H groups in total. The third-order valence-corrected chi connectivity index (χ3v) is 1.41. The summed E-state index contributed by atoms with van der Waals surface area (Å²) in [6.45, 7) is 3.44. The number of ketones is 1. The van der Waals surface area contributed by atoms with E-state index in [1.54, 1.807) is 0 Å². The second-order valence-electron chi connectivity index (χ2n) is 2.63. The van der Waals surface area contributed by atoms with Gasteiger partial charge in [-0.15, -0.1) is 0 Å². The Balaban J connectivity index is 3.21. The molecular formula is C8H15FO. The average Bonchev–Trinajstić information content (AvgIpc) is 1.85. The normalized spacial score (nSPS) is 13.1. The largest absolute Gasteiger partial charge is 0.300 e. The molecule has 0 aromatic carbocycles. The van der Waals surface area contributed by atoms with Crippen molar-refractivity contribution in [3.63, 3.8) is 0 Å². The minimum atomic E-state index is -0.770. The molecule has 0 aliphatic heterocycles. The molecule has 0 bridgehead atoms. The summed E-state index contributed by atoms with van der Waals surface area (Å²) in [5.41, 5.74) is 0. The number of halogens is 1. The van der Waals surface area contributed by atoms with Crippen LogP contribution in [0.1, 0.15) is 39.5 Å². The van der Waals surface area contributed by atoms with Crippen molar-refractivity contribution in [1.82, 2.24) is 0 Å². The molecule has 0 aliphatic rings. The van der Waals surface area contributed by atoms with Crippen LogP contribution < -0.4 is 0 Å². The Hall–Kier alpha value is -0.400. The lowest BCUT2D eigenvalue weighted by Gasteiger charge is -2.02. The van der Waals surface area contributed by atoms with E-state index < -0.39 is 6.17 Å². The topological polar surface area (TPSA) is 17.1 Å². The molecule has 1 atom stereocenters. The van der Waals surface area contributed by atoms with E-state index in [0.717, 1.165) is 6.42 Å². The monoisotopic (exact) mass is 146 g/mol. The number of alkyl halides is 1. The summed E-state index contributed by atoms with van der Waals surface area (Å²) in [5.74, 6) is 0.0822. The maximum atomic E-state index is 12.6. The highest BCUT2D eigenvalue weighted by atomic mass is 19.1. The Morgan fingerprint density at radius 1 is 1.50 bits per heavy atom. The minimum absolute atomic E-state index is 0.0822. The number of carbonyl (C=O) groups excluding carboxylic acids is 1. The van der Waals surface area contributed by atoms with Crippen molar-refractivity contribution in [2.24, 2.45) is 0 Å². The predicted octanol–water partition coefficient (Wildman–Crippen LogP) is 2.49. The molecule has 0 heterocycles. The maximum absolute atomic E-state index is 12.6. The highest BCUT2D eigenvalue weighted by molar-refractivity contribution is 5.75.